The maximum absolute atomic E-state index is 12.8. The molecule has 3 aromatic rings. The van der Waals surface area contributed by atoms with Gasteiger partial charge in [-0.05, 0) is 74.1 Å². The smallest absolute Gasteiger partial charge is 0.337 e. The highest BCUT2D eigenvalue weighted by Gasteiger charge is 2.12. The molecule has 0 aliphatic heterocycles. The third-order valence-electron chi connectivity index (χ3n) is 5.32. The molecule has 0 bridgehead atoms. The third-order valence-corrected chi connectivity index (χ3v) is 5.32. The van der Waals surface area contributed by atoms with Gasteiger partial charge in [-0.15, -0.1) is 0 Å². The summed E-state index contributed by atoms with van der Waals surface area (Å²) < 4.78 is 16.0. The van der Waals surface area contributed by atoms with Gasteiger partial charge in [0, 0.05) is 23.9 Å². The summed E-state index contributed by atoms with van der Waals surface area (Å²) in [5.74, 6) is 0.582. The van der Waals surface area contributed by atoms with Crippen molar-refractivity contribution < 1.29 is 23.8 Å². The number of likely N-dealkylation sites (N-methyl/N-ethyl adjacent to an activating group) is 1. The summed E-state index contributed by atoms with van der Waals surface area (Å²) in [6.45, 7) is 3.20. The Morgan fingerprint density at radius 3 is 2.21 bits per heavy atom. The lowest BCUT2D eigenvalue weighted by Crippen LogP contribution is -2.19. The molecule has 0 aliphatic carbocycles. The van der Waals surface area contributed by atoms with E-state index in [-0.39, 0.29) is 11.9 Å². The molecular weight excluding hydrogens is 432 g/mol. The minimum atomic E-state index is -0.369. The molecule has 1 amide bonds. The fourth-order valence-electron chi connectivity index (χ4n) is 3.44. The normalized spacial score (nSPS) is 10.6. The maximum Gasteiger partial charge on any atom is 0.337 e. The van der Waals surface area contributed by atoms with Crippen LogP contribution in [0.5, 0.6) is 11.5 Å². The molecule has 34 heavy (non-hydrogen) atoms. The van der Waals surface area contributed by atoms with Gasteiger partial charge in [0.25, 0.3) is 5.91 Å². The molecule has 0 atom stereocenters. The predicted octanol–water partition coefficient (Wildman–Crippen LogP) is 4.65. The van der Waals surface area contributed by atoms with Gasteiger partial charge in [-0.1, -0.05) is 18.2 Å². The summed E-state index contributed by atoms with van der Waals surface area (Å²) in [6.07, 6.45) is 0. The van der Waals surface area contributed by atoms with Crippen LogP contribution in [0.3, 0.4) is 0 Å². The van der Waals surface area contributed by atoms with Gasteiger partial charge in [0.2, 0.25) is 0 Å². The first-order valence-electron chi connectivity index (χ1n) is 10.9. The molecule has 0 fully saturated rings. The topological polar surface area (TPSA) is 77.1 Å². The van der Waals surface area contributed by atoms with Crippen LogP contribution in [0.15, 0.2) is 60.7 Å². The lowest BCUT2D eigenvalue weighted by Gasteiger charge is -2.15. The Bertz CT molecular complexity index is 1160. The van der Waals surface area contributed by atoms with Gasteiger partial charge in [0.05, 0.1) is 19.8 Å². The molecule has 0 radical (unpaired) electrons. The highest BCUT2D eigenvalue weighted by Crippen LogP contribution is 2.31. The highest BCUT2D eigenvalue weighted by molar-refractivity contribution is 6.04. The second-order valence-electron chi connectivity index (χ2n) is 8.07. The number of amides is 1. The van der Waals surface area contributed by atoms with Crippen molar-refractivity contribution in [2.45, 2.75) is 6.92 Å². The number of esters is 1. The third kappa shape index (κ3) is 6.14. The van der Waals surface area contributed by atoms with Crippen LogP contribution in [0.2, 0.25) is 0 Å². The zero-order valence-electron chi connectivity index (χ0n) is 20.2. The standard InChI is InChI=1S/C27H30N2O5/c1-18-16-21(27(31)33-5)10-12-23(18)19-6-8-20(9-7-19)26(30)28-22-11-13-24(32-4)25(17-22)34-15-14-29(2)3/h6-13,16-17H,14-15H2,1-5H3,(H,28,30). The molecular formula is C27H30N2O5. The Balaban J connectivity index is 1.72. The average molecular weight is 463 g/mol. The number of hydrogen-bond donors (Lipinski definition) is 1. The van der Waals surface area contributed by atoms with Crippen molar-refractivity contribution in [2.24, 2.45) is 0 Å². The van der Waals surface area contributed by atoms with Crippen molar-refractivity contribution >= 4 is 17.6 Å². The van der Waals surface area contributed by atoms with E-state index in [9.17, 15) is 9.59 Å². The van der Waals surface area contributed by atoms with Gasteiger partial charge in [0.1, 0.15) is 6.61 Å². The van der Waals surface area contributed by atoms with E-state index >= 15 is 0 Å². The van der Waals surface area contributed by atoms with Crippen LogP contribution in [0, 0.1) is 6.92 Å². The minimum absolute atomic E-state index is 0.228. The Morgan fingerprint density at radius 1 is 0.882 bits per heavy atom. The van der Waals surface area contributed by atoms with Gasteiger partial charge in [-0.25, -0.2) is 4.79 Å². The maximum atomic E-state index is 12.8. The number of benzene rings is 3. The van der Waals surface area contributed by atoms with E-state index in [1.54, 1.807) is 49.6 Å². The second kappa shape index (κ2) is 11.3. The van der Waals surface area contributed by atoms with Crippen LogP contribution in [0.25, 0.3) is 11.1 Å². The van der Waals surface area contributed by atoms with Crippen LogP contribution in [-0.4, -0.2) is 58.2 Å². The molecule has 178 valence electrons. The van der Waals surface area contributed by atoms with Crippen molar-refractivity contribution in [2.75, 3.05) is 46.8 Å². The predicted molar refractivity (Wildman–Crippen MR) is 133 cm³/mol. The van der Waals surface area contributed by atoms with E-state index in [4.69, 9.17) is 14.2 Å². The molecule has 1 N–H and O–H groups in total. The highest BCUT2D eigenvalue weighted by atomic mass is 16.5. The quantitative estimate of drug-likeness (QED) is 0.467. The number of carbonyl (C=O) groups excluding carboxylic acids is 2. The summed E-state index contributed by atoms with van der Waals surface area (Å²) in [7, 11) is 6.89. The van der Waals surface area contributed by atoms with E-state index in [1.807, 2.05) is 44.1 Å². The number of rotatable bonds is 9. The number of aryl methyl sites for hydroxylation is 1. The van der Waals surface area contributed by atoms with Gasteiger partial charge in [-0.2, -0.15) is 0 Å². The second-order valence-corrected chi connectivity index (χ2v) is 8.07. The monoisotopic (exact) mass is 462 g/mol. The summed E-state index contributed by atoms with van der Waals surface area (Å²) in [4.78, 5) is 26.6. The first kappa shape index (κ1) is 24.8. The zero-order chi connectivity index (χ0) is 24.7. The summed E-state index contributed by atoms with van der Waals surface area (Å²) >= 11 is 0. The summed E-state index contributed by atoms with van der Waals surface area (Å²) in [5, 5.41) is 2.91. The number of ether oxygens (including phenoxy) is 3. The van der Waals surface area contributed by atoms with Crippen molar-refractivity contribution in [1.29, 1.82) is 0 Å². The molecule has 0 spiro atoms. The van der Waals surface area contributed by atoms with E-state index in [1.165, 1.54) is 7.11 Å². The lowest BCUT2D eigenvalue weighted by molar-refractivity contribution is 0.0600. The molecule has 0 saturated heterocycles. The van der Waals surface area contributed by atoms with E-state index < -0.39 is 0 Å². The van der Waals surface area contributed by atoms with Gasteiger partial charge in [0.15, 0.2) is 11.5 Å². The number of hydrogen-bond acceptors (Lipinski definition) is 6. The molecule has 0 saturated carbocycles. The Morgan fingerprint density at radius 2 is 1.59 bits per heavy atom. The Hall–Kier alpha value is -3.84. The number of methoxy groups -OCH3 is 2. The average Bonchev–Trinajstić information content (AvgIpc) is 2.83. The molecule has 7 nitrogen and oxygen atoms in total. The number of carbonyl (C=O) groups is 2. The molecule has 0 aliphatic rings. The molecule has 0 unspecified atom stereocenters. The number of nitrogens with one attached hydrogen (secondary N) is 1. The minimum Gasteiger partial charge on any atom is -0.493 e. The van der Waals surface area contributed by atoms with Crippen LogP contribution in [0.4, 0.5) is 5.69 Å². The van der Waals surface area contributed by atoms with Crippen LogP contribution in [-0.2, 0) is 4.74 Å². The molecule has 3 aromatic carbocycles. The lowest BCUT2D eigenvalue weighted by atomic mass is 9.97. The largest absolute Gasteiger partial charge is 0.493 e. The first-order valence-corrected chi connectivity index (χ1v) is 10.9. The van der Waals surface area contributed by atoms with E-state index in [0.29, 0.717) is 34.9 Å². The van der Waals surface area contributed by atoms with Crippen molar-refractivity contribution in [3.63, 3.8) is 0 Å². The van der Waals surface area contributed by atoms with Gasteiger partial charge < -0.3 is 24.4 Å². The Labute approximate surface area is 200 Å². The first-order chi connectivity index (χ1) is 16.3. The van der Waals surface area contributed by atoms with E-state index in [2.05, 4.69) is 5.32 Å². The fourth-order valence-corrected chi connectivity index (χ4v) is 3.44. The molecule has 3 rings (SSSR count). The van der Waals surface area contributed by atoms with Crippen molar-refractivity contribution in [3.8, 4) is 22.6 Å². The summed E-state index contributed by atoms with van der Waals surface area (Å²) in [5.41, 5.74) is 4.52. The molecule has 0 aromatic heterocycles. The van der Waals surface area contributed by atoms with E-state index in [0.717, 1.165) is 23.2 Å². The van der Waals surface area contributed by atoms with Crippen molar-refractivity contribution in [3.05, 3.63) is 77.4 Å². The van der Waals surface area contributed by atoms with Crippen molar-refractivity contribution in [1.82, 2.24) is 4.90 Å². The number of nitrogens with zero attached hydrogens (tertiary/aromatic N) is 1. The van der Waals surface area contributed by atoms with Gasteiger partial charge in [-0.3, -0.25) is 4.79 Å². The zero-order valence-corrected chi connectivity index (χ0v) is 20.2. The van der Waals surface area contributed by atoms with Crippen LogP contribution in [0.1, 0.15) is 26.3 Å². The van der Waals surface area contributed by atoms with Crippen LogP contribution < -0.4 is 14.8 Å². The fraction of sp³-hybridized carbons (Fsp3) is 0.259. The van der Waals surface area contributed by atoms with Crippen LogP contribution >= 0.6 is 0 Å². The molecule has 7 heteroatoms. The summed E-state index contributed by atoms with van der Waals surface area (Å²) in [6, 6.07) is 18.0. The molecule has 0 heterocycles. The SMILES string of the molecule is COC(=O)c1ccc(-c2ccc(C(=O)Nc3ccc(OC)c(OCCN(C)C)c3)cc2)c(C)c1. The van der Waals surface area contributed by atoms with Gasteiger partial charge >= 0.3 is 5.97 Å². The Kier molecular flexibility index (Phi) is 8.27. The number of anilines is 1.